The maximum absolute atomic E-state index is 5.56. The predicted molar refractivity (Wildman–Crippen MR) is 295 cm³/mol. The third-order valence-corrected chi connectivity index (χ3v) is 15.9. The van der Waals surface area contributed by atoms with Crippen LogP contribution >= 0.6 is 0 Å². The number of nitrogens with zero attached hydrogens (tertiary/aromatic N) is 3. The fourth-order valence-corrected chi connectivity index (χ4v) is 13.0. The van der Waals surface area contributed by atoms with E-state index in [1.54, 1.807) is 0 Å². The van der Waals surface area contributed by atoms with Gasteiger partial charge >= 0.3 is 0 Å². The van der Waals surface area contributed by atoms with E-state index in [1.807, 2.05) is 0 Å². The molecular formula is C68H41N3. The first-order valence-corrected chi connectivity index (χ1v) is 24.6. The van der Waals surface area contributed by atoms with E-state index in [0.29, 0.717) is 0 Å². The maximum Gasteiger partial charge on any atom is 0.0788 e. The lowest BCUT2D eigenvalue weighted by molar-refractivity contribution is 0.795. The van der Waals surface area contributed by atoms with Crippen LogP contribution in [-0.2, 0) is 5.41 Å². The van der Waals surface area contributed by atoms with Gasteiger partial charge in [-0.05, 0) is 122 Å². The standard InChI is InChI=1S/C68H41N3/c1-9-25-58-47(17-1)48-18-2-10-26-59(48)68(58)60-27-11-3-19-49(60)56-40-55-50-20-4-12-28-62(50)69-67(57(55)41-61(56)68)43-35-33-42(34-36-43)44-37-45(70-63-29-13-5-21-51(63)52-22-6-14-30-64(52)70)39-46(38-44)71-65-31-15-7-23-53(65)54-24-8-16-32-66(54)71/h1-41H. The van der Waals surface area contributed by atoms with E-state index in [2.05, 4.69) is 258 Å². The molecule has 71 heavy (non-hydrogen) atoms. The number of aromatic nitrogens is 3. The Kier molecular flexibility index (Phi) is 7.82. The summed E-state index contributed by atoms with van der Waals surface area (Å²) in [4.78, 5) is 5.56. The van der Waals surface area contributed by atoms with Crippen LogP contribution in [0.2, 0.25) is 0 Å². The Hall–Kier alpha value is -9.31. The fourth-order valence-electron chi connectivity index (χ4n) is 13.0. The minimum atomic E-state index is -0.449. The number of para-hydroxylation sites is 5. The van der Waals surface area contributed by atoms with Crippen molar-refractivity contribution < 1.29 is 0 Å². The minimum absolute atomic E-state index is 0.449. The molecule has 3 nitrogen and oxygen atoms in total. The van der Waals surface area contributed by atoms with E-state index in [1.165, 1.54) is 93.5 Å². The van der Waals surface area contributed by atoms with Gasteiger partial charge in [0, 0.05) is 49.3 Å². The van der Waals surface area contributed by atoms with Crippen molar-refractivity contribution in [3.8, 4) is 56.0 Å². The van der Waals surface area contributed by atoms with Gasteiger partial charge in [-0.15, -0.1) is 0 Å². The normalized spacial score (nSPS) is 13.2. The van der Waals surface area contributed by atoms with Crippen LogP contribution in [-0.4, -0.2) is 14.1 Å². The van der Waals surface area contributed by atoms with Crippen LogP contribution in [0, 0.1) is 0 Å². The highest BCUT2D eigenvalue weighted by atomic mass is 15.0. The summed E-state index contributed by atoms with van der Waals surface area (Å²) in [5.41, 5.74) is 22.4. The molecule has 0 N–H and O–H groups in total. The highest BCUT2D eigenvalue weighted by molar-refractivity contribution is 6.15. The summed E-state index contributed by atoms with van der Waals surface area (Å²) in [6.45, 7) is 0. The van der Waals surface area contributed by atoms with Crippen LogP contribution in [0.5, 0.6) is 0 Å². The summed E-state index contributed by atoms with van der Waals surface area (Å²) < 4.78 is 4.88. The summed E-state index contributed by atoms with van der Waals surface area (Å²) in [5, 5.41) is 8.51. The van der Waals surface area contributed by atoms with Crippen LogP contribution in [0.3, 0.4) is 0 Å². The van der Waals surface area contributed by atoms with Crippen molar-refractivity contribution in [2.75, 3.05) is 0 Å². The van der Waals surface area contributed by atoms with Crippen molar-refractivity contribution in [3.05, 3.63) is 271 Å². The van der Waals surface area contributed by atoms with Gasteiger partial charge in [0.15, 0.2) is 0 Å². The predicted octanol–water partition coefficient (Wildman–Crippen LogP) is 17.3. The summed E-state index contributed by atoms with van der Waals surface area (Å²) >= 11 is 0. The fraction of sp³-hybridized carbons (Fsp3) is 0.0147. The Balaban J connectivity index is 0.923. The van der Waals surface area contributed by atoms with E-state index in [-0.39, 0.29) is 0 Å². The molecule has 14 aromatic rings. The van der Waals surface area contributed by atoms with E-state index in [9.17, 15) is 0 Å². The summed E-state index contributed by atoms with van der Waals surface area (Å²) in [6.07, 6.45) is 0. The summed E-state index contributed by atoms with van der Waals surface area (Å²) in [6, 6.07) is 92.2. The highest BCUT2D eigenvalue weighted by Gasteiger charge is 2.51. The van der Waals surface area contributed by atoms with Gasteiger partial charge in [-0.2, -0.15) is 0 Å². The van der Waals surface area contributed by atoms with Crippen molar-refractivity contribution in [2.45, 2.75) is 5.41 Å². The zero-order chi connectivity index (χ0) is 46.4. The molecule has 328 valence electrons. The number of pyridine rings is 1. The molecule has 0 radical (unpaired) electrons. The molecule has 3 heteroatoms. The third-order valence-electron chi connectivity index (χ3n) is 15.9. The molecule has 0 saturated heterocycles. The number of benzene rings is 11. The van der Waals surface area contributed by atoms with Gasteiger partial charge in [0.2, 0.25) is 0 Å². The Bertz CT molecular complexity index is 4300. The van der Waals surface area contributed by atoms with Crippen molar-refractivity contribution >= 4 is 65.3 Å². The van der Waals surface area contributed by atoms with E-state index < -0.39 is 5.41 Å². The first kappa shape index (κ1) is 38.6. The Morgan fingerprint density at radius 1 is 0.268 bits per heavy atom. The molecule has 0 amide bonds. The molecule has 0 saturated carbocycles. The average molecular weight is 900 g/mol. The zero-order valence-electron chi connectivity index (χ0n) is 38.5. The average Bonchev–Trinajstić information content (AvgIpc) is 4.14. The highest BCUT2D eigenvalue weighted by Crippen LogP contribution is 2.63. The zero-order valence-corrected chi connectivity index (χ0v) is 38.5. The van der Waals surface area contributed by atoms with Gasteiger partial charge in [-0.3, -0.25) is 0 Å². The van der Waals surface area contributed by atoms with Gasteiger partial charge in [-0.25, -0.2) is 4.98 Å². The SMILES string of the molecule is c1ccc2c(c1)-c1ccccc1C21c2ccccc2-c2cc3c(cc21)c(-c1ccc(-c2cc(-n4c5ccccc5c5ccccc54)cc(-n4c5ccccc5c5ccccc54)c2)cc1)nc1ccccc13. The number of hydrogen-bond acceptors (Lipinski definition) is 1. The lowest BCUT2D eigenvalue weighted by atomic mass is 9.70. The molecule has 3 heterocycles. The molecule has 2 aliphatic carbocycles. The quantitative estimate of drug-likeness (QED) is 0.161. The molecule has 3 aromatic heterocycles. The van der Waals surface area contributed by atoms with E-state index in [0.717, 1.165) is 50.0 Å². The smallest absolute Gasteiger partial charge is 0.0788 e. The number of fused-ring (bicyclic) bond motifs is 19. The first-order valence-electron chi connectivity index (χ1n) is 24.6. The van der Waals surface area contributed by atoms with Gasteiger partial charge in [0.25, 0.3) is 0 Å². The van der Waals surface area contributed by atoms with Crippen molar-refractivity contribution in [2.24, 2.45) is 0 Å². The van der Waals surface area contributed by atoms with Crippen molar-refractivity contribution in [1.29, 1.82) is 0 Å². The molecule has 0 aliphatic heterocycles. The first-order chi connectivity index (χ1) is 35.2. The molecular weight excluding hydrogens is 859 g/mol. The summed E-state index contributed by atoms with van der Waals surface area (Å²) in [5.74, 6) is 0. The van der Waals surface area contributed by atoms with Crippen molar-refractivity contribution in [1.82, 2.24) is 14.1 Å². The molecule has 2 aliphatic rings. The number of rotatable bonds is 4. The second-order valence-electron chi connectivity index (χ2n) is 19.4. The van der Waals surface area contributed by atoms with Gasteiger partial charge < -0.3 is 9.13 Å². The second kappa shape index (κ2) is 14.4. The van der Waals surface area contributed by atoms with E-state index >= 15 is 0 Å². The van der Waals surface area contributed by atoms with Crippen LogP contribution < -0.4 is 0 Å². The molecule has 16 rings (SSSR count). The Labute approximate surface area is 409 Å². The second-order valence-corrected chi connectivity index (χ2v) is 19.4. The van der Waals surface area contributed by atoms with Crippen LogP contribution in [0.15, 0.2) is 249 Å². The monoisotopic (exact) mass is 899 g/mol. The van der Waals surface area contributed by atoms with Gasteiger partial charge in [0.05, 0.1) is 38.7 Å². The molecule has 11 aromatic carbocycles. The molecule has 0 unspecified atom stereocenters. The minimum Gasteiger partial charge on any atom is -0.309 e. The van der Waals surface area contributed by atoms with Crippen LogP contribution in [0.4, 0.5) is 0 Å². The Morgan fingerprint density at radius 3 is 1.18 bits per heavy atom. The lowest BCUT2D eigenvalue weighted by Gasteiger charge is -2.30. The van der Waals surface area contributed by atoms with Crippen LogP contribution in [0.25, 0.3) is 121 Å². The maximum atomic E-state index is 5.56. The van der Waals surface area contributed by atoms with Crippen LogP contribution in [0.1, 0.15) is 22.3 Å². The molecule has 0 atom stereocenters. The lowest BCUT2D eigenvalue weighted by Crippen LogP contribution is -2.25. The third kappa shape index (κ3) is 5.19. The Morgan fingerprint density at radius 2 is 0.676 bits per heavy atom. The van der Waals surface area contributed by atoms with Gasteiger partial charge in [0.1, 0.15) is 0 Å². The van der Waals surface area contributed by atoms with Crippen molar-refractivity contribution in [3.63, 3.8) is 0 Å². The number of hydrogen-bond donors (Lipinski definition) is 0. The largest absolute Gasteiger partial charge is 0.309 e. The van der Waals surface area contributed by atoms with Gasteiger partial charge in [-0.1, -0.05) is 188 Å². The molecule has 0 fully saturated rings. The molecule has 0 bridgehead atoms. The molecule has 1 spiro atoms. The van der Waals surface area contributed by atoms with E-state index in [4.69, 9.17) is 4.98 Å². The summed E-state index contributed by atoms with van der Waals surface area (Å²) in [7, 11) is 0. The topological polar surface area (TPSA) is 22.8 Å².